The molecule has 0 fully saturated rings. The van der Waals surface area contributed by atoms with Crippen LogP contribution in [0.4, 0.5) is 0 Å². The van der Waals surface area contributed by atoms with Gasteiger partial charge in [-0.1, -0.05) is 19.1 Å². The molecule has 0 bridgehead atoms. The van der Waals surface area contributed by atoms with Gasteiger partial charge in [0.1, 0.15) is 0 Å². The highest BCUT2D eigenvalue weighted by Crippen LogP contribution is 2.32. The minimum Gasteiger partial charge on any atom is -0.480 e. The Morgan fingerprint density at radius 2 is 2.27 bits per heavy atom. The summed E-state index contributed by atoms with van der Waals surface area (Å²) >= 11 is 0. The summed E-state index contributed by atoms with van der Waals surface area (Å²) < 4.78 is 4.92. The van der Waals surface area contributed by atoms with Crippen LogP contribution in [0.5, 0.6) is 0 Å². The first-order valence-corrected chi connectivity index (χ1v) is 5.22. The van der Waals surface area contributed by atoms with Crippen molar-refractivity contribution in [3.63, 3.8) is 0 Å². The van der Waals surface area contributed by atoms with Gasteiger partial charge in [-0.15, -0.1) is 0 Å². The Labute approximate surface area is 88.9 Å². The lowest BCUT2D eigenvalue weighted by Gasteiger charge is -2.26. The van der Waals surface area contributed by atoms with E-state index >= 15 is 0 Å². The minimum atomic E-state index is -1.44. The molecule has 0 spiro atoms. The van der Waals surface area contributed by atoms with Crippen molar-refractivity contribution in [1.82, 2.24) is 0 Å². The first-order valence-electron chi connectivity index (χ1n) is 5.22. The van der Waals surface area contributed by atoms with E-state index in [0.717, 1.165) is 6.42 Å². The second-order valence-corrected chi connectivity index (χ2v) is 3.71. The Bertz CT molecular complexity index is 282. The van der Waals surface area contributed by atoms with Crippen LogP contribution in [-0.2, 0) is 14.3 Å². The van der Waals surface area contributed by atoms with Crippen LogP contribution in [0.1, 0.15) is 32.6 Å². The molecule has 4 nitrogen and oxygen atoms in total. The van der Waals surface area contributed by atoms with Gasteiger partial charge in [-0.3, -0.25) is 9.59 Å². The van der Waals surface area contributed by atoms with Gasteiger partial charge >= 0.3 is 11.9 Å². The summed E-state index contributed by atoms with van der Waals surface area (Å²) in [5, 5.41) is 9.11. The molecule has 1 aliphatic rings. The second-order valence-electron chi connectivity index (χ2n) is 3.71. The van der Waals surface area contributed by atoms with Crippen molar-refractivity contribution >= 4 is 11.9 Å². The lowest BCUT2D eigenvalue weighted by atomic mass is 9.79. The number of aliphatic carboxylic acids is 1. The van der Waals surface area contributed by atoms with Crippen LogP contribution in [0.15, 0.2) is 12.2 Å². The smallest absolute Gasteiger partial charge is 0.327 e. The number of carboxylic acid groups (broad SMARTS) is 1. The van der Waals surface area contributed by atoms with Crippen LogP contribution in [-0.4, -0.2) is 23.7 Å². The molecule has 4 heteroatoms. The number of hydrogen-bond acceptors (Lipinski definition) is 3. The van der Waals surface area contributed by atoms with Gasteiger partial charge in [-0.05, 0) is 25.7 Å². The van der Waals surface area contributed by atoms with Gasteiger partial charge in [0.25, 0.3) is 0 Å². The third-order valence-corrected chi connectivity index (χ3v) is 2.53. The Morgan fingerprint density at radius 1 is 1.53 bits per heavy atom. The third-order valence-electron chi connectivity index (χ3n) is 2.53. The van der Waals surface area contributed by atoms with Gasteiger partial charge in [0.2, 0.25) is 0 Å². The maximum absolute atomic E-state index is 11.7. The summed E-state index contributed by atoms with van der Waals surface area (Å²) in [4.78, 5) is 22.8. The van der Waals surface area contributed by atoms with Crippen molar-refractivity contribution in [2.24, 2.45) is 5.41 Å². The van der Waals surface area contributed by atoms with Crippen LogP contribution in [0.3, 0.4) is 0 Å². The van der Waals surface area contributed by atoms with Gasteiger partial charge in [-0.2, -0.15) is 0 Å². The largest absolute Gasteiger partial charge is 0.480 e. The number of hydrogen-bond donors (Lipinski definition) is 1. The van der Waals surface area contributed by atoms with Gasteiger partial charge in [0.05, 0.1) is 6.61 Å². The zero-order valence-corrected chi connectivity index (χ0v) is 8.86. The second kappa shape index (κ2) is 4.96. The lowest BCUT2D eigenvalue weighted by molar-refractivity contribution is -0.165. The molecule has 1 atom stereocenters. The van der Waals surface area contributed by atoms with Crippen molar-refractivity contribution in [2.45, 2.75) is 32.6 Å². The van der Waals surface area contributed by atoms with Gasteiger partial charge in [0, 0.05) is 0 Å². The summed E-state index contributed by atoms with van der Waals surface area (Å²) in [5.74, 6) is -1.74. The lowest BCUT2D eigenvalue weighted by Crippen LogP contribution is -2.40. The predicted octanol–water partition coefficient (Wildman–Crippen LogP) is 1.75. The molecule has 0 aromatic heterocycles. The summed E-state index contributed by atoms with van der Waals surface area (Å²) in [6.45, 7) is 2.15. The maximum atomic E-state index is 11.7. The van der Waals surface area contributed by atoms with E-state index < -0.39 is 17.4 Å². The normalized spacial score (nSPS) is 24.9. The standard InChI is InChI=1S/C11H16O4/c1-2-8-15-10(14)11(9(12)13)6-4-3-5-7-11/h4,6H,2-3,5,7-8H2,1H3,(H,12,13). The number of carbonyl (C=O) groups excluding carboxylic acids is 1. The number of rotatable bonds is 4. The molecular formula is C11H16O4. The molecule has 0 amide bonds. The van der Waals surface area contributed by atoms with E-state index in [0.29, 0.717) is 19.3 Å². The van der Waals surface area contributed by atoms with Gasteiger partial charge in [0.15, 0.2) is 5.41 Å². The summed E-state index contributed by atoms with van der Waals surface area (Å²) in [6, 6.07) is 0. The molecule has 84 valence electrons. The number of carbonyl (C=O) groups is 2. The zero-order chi connectivity index (χ0) is 11.3. The first-order chi connectivity index (χ1) is 7.13. The molecule has 1 rings (SSSR count). The Hall–Kier alpha value is -1.32. The number of carboxylic acids is 1. The topological polar surface area (TPSA) is 63.6 Å². The van der Waals surface area contributed by atoms with Crippen molar-refractivity contribution in [2.75, 3.05) is 6.61 Å². The van der Waals surface area contributed by atoms with Crippen LogP contribution in [0.2, 0.25) is 0 Å². The highest BCUT2D eigenvalue weighted by atomic mass is 16.5. The van der Waals surface area contributed by atoms with Crippen LogP contribution >= 0.6 is 0 Å². The summed E-state index contributed by atoms with van der Waals surface area (Å²) in [5.41, 5.74) is -1.44. The van der Waals surface area contributed by atoms with Gasteiger partial charge in [-0.25, -0.2) is 0 Å². The molecule has 1 aliphatic carbocycles. The Morgan fingerprint density at radius 3 is 2.73 bits per heavy atom. The van der Waals surface area contributed by atoms with E-state index in [1.165, 1.54) is 6.08 Å². The fourth-order valence-corrected chi connectivity index (χ4v) is 1.63. The first kappa shape index (κ1) is 11.8. The van der Waals surface area contributed by atoms with E-state index in [9.17, 15) is 9.59 Å². The average Bonchev–Trinajstić information content (AvgIpc) is 2.26. The molecule has 0 aliphatic heterocycles. The third kappa shape index (κ3) is 2.37. The fraction of sp³-hybridized carbons (Fsp3) is 0.636. The molecule has 0 saturated carbocycles. The molecular weight excluding hydrogens is 196 g/mol. The number of allylic oxidation sites excluding steroid dienone is 1. The summed E-state index contributed by atoms with van der Waals surface area (Å²) in [6.07, 6.45) is 5.79. The van der Waals surface area contributed by atoms with Gasteiger partial charge < -0.3 is 9.84 Å². The average molecular weight is 212 g/mol. The fourth-order valence-electron chi connectivity index (χ4n) is 1.63. The number of ether oxygens (including phenoxy) is 1. The van der Waals surface area contributed by atoms with E-state index in [2.05, 4.69) is 0 Å². The monoisotopic (exact) mass is 212 g/mol. The van der Waals surface area contributed by atoms with Crippen molar-refractivity contribution in [3.05, 3.63) is 12.2 Å². The molecule has 0 heterocycles. The minimum absolute atomic E-state index is 0.279. The molecule has 1 N–H and O–H groups in total. The van der Waals surface area contributed by atoms with E-state index in [-0.39, 0.29) is 6.61 Å². The highest BCUT2D eigenvalue weighted by molar-refractivity contribution is 6.01. The molecule has 0 saturated heterocycles. The summed E-state index contributed by atoms with van der Waals surface area (Å²) in [7, 11) is 0. The maximum Gasteiger partial charge on any atom is 0.327 e. The van der Waals surface area contributed by atoms with E-state index in [1.54, 1.807) is 6.08 Å². The molecule has 0 radical (unpaired) electrons. The molecule has 0 aromatic rings. The predicted molar refractivity (Wildman–Crippen MR) is 54.3 cm³/mol. The van der Waals surface area contributed by atoms with E-state index in [4.69, 9.17) is 9.84 Å². The van der Waals surface area contributed by atoms with Crippen molar-refractivity contribution in [3.8, 4) is 0 Å². The van der Waals surface area contributed by atoms with Crippen molar-refractivity contribution in [1.29, 1.82) is 0 Å². The highest BCUT2D eigenvalue weighted by Gasteiger charge is 2.45. The molecule has 0 aromatic carbocycles. The Balaban J connectivity index is 2.81. The quantitative estimate of drug-likeness (QED) is 0.438. The van der Waals surface area contributed by atoms with Crippen molar-refractivity contribution < 1.29 is 19.4 Å². The molecule has 15 heavy (non-hydrogen) atoms. The zero-order valence-electron chi connectivity index (χ0n) is 8.86. The number of esters is 1. The Kier molecular flexibility index (Phi) is 3.88. The van der Waals surface area contributed by atoms with Crippen LogP contribution in [0.25, 0.3) is 0 Å². The molecule has 1 unspecified atom stereocenters. The SMILES string of the molecule is CCCOC(=O)C1(C(=O)O)C=CCCC1. The van der Waals surface area contributed by atoms with E-state index in [1.807, 2.05) is 6.92 Å². The van der Waals surface area contributed by atoms with Crippen LogP contribution < -0.4 is 0 Å². The van der Waals surface area contributed by atoms with Crippen LogP contribution in [0, 0.1) is 5.41 Å².